The molecule has 0 fully saturated rings. The molecule has 0 saturated carbocycles. The molecule has 104 valence electrons. The minimum absolute atomic E-state index is 0.154. The molecule has 4 heteroatoms. The largest absolute Gasteiger partial charge is 0.501 e. The number of ether oxygens (including phenoxy) is 1. The first kappa shape index (κ1) is 14.4. The van der Waals surface area contributed by atoms with Gasteiger partial charge in [-0.15, -0.1) is 0 Å². The van der Waals surface area contributed by atoms with Gasteiger partial charge in [-0.3, -0.25) is 0 Å². The van der Waals surface area contributed by atoms with E-state index in [4.69, 9.17) is 16.3 Å². The molecule has 0 spiro atoms. The fraction of sp³-hybridized carbons (Fsp3) is 0.467. The van der Waals surface area contributed by atoms with Crippen molar-refractivity contribution >= 4 is 11.6 Å². The highest BCUT2D eigenvalue weighted by Gasteiger charge is 2.21. The van der Waals surface area contributed by atoms with Crippen LogP contribution in [0.4, 0.5) is 4.39 Å². The Balaban J connectivity index is 2.30. The van der Waals surface area contributed by atoms with Gasteiger partial charge in [-0.05, 0) is 49.6 Å². The molecular weight excluding hydrogens is 265 g/mol. The van der Waals surface area contributed by atoms with Gasteiger partial charge >= 0.3 is 0 Å². The van der Waals surface area contributed by atoms with Gasteiger partial charge in [0.25, 0.3) is 0 Å². The molecular formula is C15H19ClFNO. The van der Waals surface area contributed by atoms with Crippen molar-refractivity contribution in [1.29, 1.82) is 0 Å². The molecule has 1 N–H and O–H groups in total. The lowest BCUT2D eigenvalue weighted by molar-refractivity contribution is 0.219. The number of nitrogens with one attached hydrogen (secondary N) is 1. The smallest absolute Gasteiger partial charge is 0.128 e. The van der Waals surface area contributed by atoms with Crippen molar-refractivity contribution in [2.75, 3.05) is 13.2 Å². The Hall–Kier alpha value is -1.06. The maximum absolute atomic E-state index is 14.0. The molecule has 19 heavy (non-hydrogen) atoms. The van der Waals surface area contributed by atoms with Crippen LogP contribution in [0.15, 0.2) is 30.0 Å². The van der Waals surface area contributed by atoms with Gasteiger partial charge in [0.05, 0.1) is 18.9 Å². The third-order valence-corrected chi connectivity index (χ3v) is 3.44. The third-order valence-electron chi connectivity index (χ3n) is 3.20. The van der Waals surface area contributed by atoms with E-state index in [2.05, 4.69) is 12.2 Å². The molecule has 1 atom stereocenters. The lowest BCUT2D eigenvalue weighted by atomic mass is 9.94. The Morgan fingerprint density at radius 3 is 3.00 bits per heavy atom. The summed E-state index contributed by atoms with van der Waals surface area (Å²) >= 11 is 5.99. The van der Waals surface area contributed by atoms with Gasteiger partial charge in [0, 0.05) is 10.6 Å². The highest BCUT2D eigenvalue weighted by molar-refractivity contribution is 6.30. The van der Waals surface area contributed by atoms with Crippen molar-refractivity contribution in [1.82, 2.24) is 5.32 Å². The summed E-state index contributed by atoms with van der Waals surface area (Å²) in [4.78, 5) is 0. The Morgan fingerprint density at radius 1 is 1.47 bits per heavy atom. The molecule has 1 aromatic rings. The second kappa shape index (κ2) is 6.92. The van der Waals surface area contributed by atoms with E-state index in [1.165, 1.54) is 6.07 Å². The quantitative estimate of drug-likeness (QED) is 0.874. The van der Waals surface area contributed by atoms with Crippen molar-refractivity contribution < 1.29 is 9.13 Å². The fourth-order valence-electron chi connectivity index (χ4n) is 2.26. The summed E-state index contributed by atoms with van der Waals surface area (Å²) in [6, 6.07) is 4.53. The summed E-state index contributed by atoms with van der Waals surface area (Å²) < 4.78 is 19.4. The van der Waals surface area contributed by atoms with Crippen LogP contribution >= 0.6 is 11.6 Å². The summed E-state index contributed by atoms with van der Waals surface area (Å²) in [5.41, 5.74) is 1.68. The molecule has 1 aliphatic rings. The van der Waals surface area contributed by atoms with E-state index in [9.17, 15) is 4.39 Å². The summed E-state index contributed by atoms with van der Waals surface area (Å²) in [6.07, 6.45) is 4.65. The molecule has 0 aliphatic carbocycles. The summed E-state index contributed by atoms with van der Waals surface area (Å²) in [7, 11) is 0. The summed E-state index contributed by atoms with van der Waals surface area (Å²) in [5, 5.41) is 3.93. The van der Waals surface area contributed by atoms with E-state index in [0.29, 0.717) is 10.6 Å². The van der Waals surface area contributed by atoms with Crippen molar-refractivity contribution in [2.45, 2.75) is 32.2 Å². The fourth-order valence-corrected chi connectivity index (χ4v) is 2.44. The first-order chi connectivity index (χ1) is 9.22. The molecule has 0 bridgehead atoms. The van der Waals surface area contributed by atoms with Gasteiger partial charge in [-0.1, -0.05) is 18.5 Å². The maximum atomic E-state index is 14.0. The molecule has 0 saturated heterocycles. The van der Waals surface area contributed by atoms with Gasteiger partial charge in [0.15, 0.2) is 0 Å². The molecule has 1 aliphatic heterocycles. The van der Waals surface area contributed by atoms with Crippen LogP contribution in [0.2, 0.25) is 5.02 Å². The topological polar surface area (TPSA) is 21.3 Å². The molecule has 0 radical (unpaired) electrons. The Kier molecular flexibility index (Phi) is 5.23. The van der Waals surface area contributed by atoms with E-state index in [1.807, 2.05) is 0 Å². The van der Waals surface area contributed by atoms with E-state index >= 15 is 0 Å². The van der Waals surface area contributed by atoms with Crippen molar-refractivity contribution in [2.24, 2.45) is 0 Å². The lowest BCUT2D eigenvalue weighted by Crippen LogP contribution is -2.26. The standard InChI is InChI=1S/C15H19ClFNO/c1-2-7-18-15(11-4-3-8-19-10-11)13-9-12(16)5-6-14(13)17/h5-6,9-10,15,18H,2-4,7-8H2,1H3. The van der Waals surface area contributed by atoms with E-state index in [0.717, 1.165) is 38.0 Å². The number of benzene rings is 1. The SMILES string of the molecule is CCCNC(C1=COCCC1)c1cc(Cl)ccc1F. The van der Waals surface area contributed by atoms with Crippen LogP contribution in [0.3, 0.4) is 0 Å². The number of halogens is 2. The summed E-state index contributed by atoms with van der Waals surface area (Å²) in [6.45, 7) is 3.65. The minimum atomic E-state index is -0.232. The zero-order valence-corrected chi connectivity index (χ0v) is 11.8. The molecule has 2 rings (SSSR count). The van der Waals surface area contributed by atoms with Crippen LogP contribution < -0.4 is 5.32 Å². The average molecular weight is 284 g/mol. The Labute approximate surface area is 118 Å². The number of rotatable bonds is 5. The van der Waals surface area contributed by atoms with Crippen molar-refractivity contribution in [3.8, 4) is 0 Å². The van der Waals surface area contributed by atoms with Gasteiger partial charge in [0.2, 0.25) is 0 Å². The molecule has 0 amide bonds. The number of hydrogen-bond acceptors (Lipinski definition) is 2. The van der Waals surface area contributed by atoms with Crippen LogP contribution in [-0.4, -0.2) is 13.2 Å². The van der Waals surface area contributed by atoms with Crippen molar-refractivity contribution in [3.63, 3.8) is 0 Å². The van der Waals surface area contributed by atoms with Gasteiger partial charge in [-0.25, -0.2) is 4.39 Å². The highest BCUT2D eigenvalue weighted by Crippen LogP contribution is 2.30. The molecule has 1 aromatic carbocycles. The lowest BCUT2D eigenvalue weighted by Gasteiger charge is -2.25. The second-order valence-electron chi connectivity index (χ2n) is 4.72. The van der Waals surface area contributed by atoms with Gasteiger partial charge < -0.3 is 10.1 Å². The van der Waals surface area contributed by atoms with E-state index < -0.39 is 0 Å². The molecule has 2 nitrogen and oxygen atoms in total. The maximum Gasteiger partial charge on any atom is 0.128 e. The summed E-state index contributed by atoms with van der Waals surface area (Å²) in [5.74, 6) is -0.232. The predicted molar refractivity (Wildman–Crippen MR) is 75.7 cm³/mol. The Bertz CT molecular complexity index is 461. The zero-order valence-electron chi connectivity index (χ0n) is 11.1. The van der Waals surface area contributed by atoms with E-state index in [-0.39, 0.29) is 11.9 Å². The van der Waals surface area contributed by atoms with Crippen LogP contribution in [0.25, 0.3) is 0 Å². The molecule has 1 unspecified atom stereocenters. The second-order valence-corrected chi connectivity index (χ2v) is 5.16. The predicted octanol–water partition coefficient (Wildman–Crippen LogP) is 4.21. The minimum Gasteiger partial charge on any atom is -0.501 e. The first-order valence-electron chi connectivity index (χ1n) is 6.71. The normalized spacial score (nSPS) is 16.7. The third kappa shape index (κ3) is 3.71. The van der Waals surface area contributed by atoms with Gasteiger partial charge in [-0.2, -0.15) is 0 Å². The van der Waals surface area contributed by atoms with Crippen LogP contribution in [0.5, 0.6) is 0 Å². The van der Waals surface area contributed by atoms with Crippen LogP contribution in [0, 0.1) is 5.82 Å². The average Bonchev–Trinajstić information content (AvgIpc) is 2.44. The molecule has 1 heterocycles. The zero-order chi connectivity index (χ0) is 13.7. The van der Waals surface area contributed by atoms with E-state index in [1.54, 1.807) is 18.4 Å². The molecule has 0 aromatic heterocycles. The number of hydrogen-bond donors (Lipinski definition) is 1. The van der Waals surface area contributed by atoms with Gasteiger partial charge in [0.1, 0.15) is 5.82 Å². The Morgan fingerprint density at radius 2 is 2.32 bits per heavy atom. The van der Waals surface area contributed by atoms with Crippen LogP contribution in [0.1, 0.15) is 37.8 Å². The monoisotopic (exact) mass is 283 g/mol. The van der Waals surface area contributed by atoms with Crippen molar-refractivity contribution in [3.05, 3.63) is 46.4 Å². The first-order valence-corrected chi connectivity index (χ1v) is 7.09. The van der Waals surface area contributed by atoms with Crippen LogP contribution in [-0.2, 0) is 4.74 Å². The highest BCUT2D eigenvalue weighted by atomic mass is 35.5.